The minimum absolute atomic E-state index is 0.0689. The first kappa shape index (κ1) is 31.4. The highest BCUT2D eigenvalue weighted by molar-refractivity contribution is 8.13. The Bertz CT molecular complexity index is 878. The van der Waals surface area contributed by atoms with E-state index in [4.69, 9.17) is 13.9 Å². The van der Waals surface area contributed by atoms with Crippen molar-refractivity contribution in [3.63, 3.8) is 0 Å². The van der Waals surface area contributed by atoms with Crippen molar-refractivity contribution in [3.8, 4) is 0 Å². The molecule has 10 heteroatoms. The van der Waals surface area contributed by atoms with Gasteiger partial charge in [-0.3, -0.25) is 4.79 Å². The normalized spacial score (nSPS) is 15.0. The number of unbranched alkanes of at least 4 members (excludes halogenated alkanes) is 1. The van der Waals surface area contributed by atoms with Gasteiger partial charge in [-0.1, -0.05) is 34.1 Å². The minimum Gasteiger partial charge on any atom is -0.451 e. The quantitative estimate of drug-likeness (QED) is 0.194. The fourth-order valence-electron chi connectivity index (χ4n) is 2.83. The van der Waals surface area contributed by atoms with Gasteiger partial charge >= 0.3 is 11.9 Å². The SMILES string of the molecule is CCCCc1cn(C(C)C)c(SC(=O)[C@H](C)OC(=O)[C@H](C)OC(=O)[C@H](C)O[Si](C)(C)C(C)(C)C)n1. The number of hydrogen-bond acceptors (Lipinski definition) is 8. The molecule has 0 radical (unpaired) electrons. The Hall–Kier alpha value is -1.65. The zero-order chi connectivity index (χ0) is 27.1. The molecule has 0 saturated heterocycles. The zero-order valence-electron chi connectivity index (χ0n) is 23.3. The number of ether oxygens (including phenoxy) is 2. The number of esters is 2. The van der Waals surface area contributed by atoms with Gasteiger partial charge in [-0.25, -0.2) is 14.6 Å². The molecule has 3 atom stereocenters. The van der Waals surface area contributed by atoms with E-state index in [1.807, 2.05) is 37.7 Å². The van der Waals surface area contributed by atoms with Gasteiger partial charge in [-0.05, 0) is 77.4 Å². The Balaban J connectivity index is 2.71. The van der Waals surface area contributed by atoms with Crippen molar-refractivity contribution in [1.29, 1.82) is 0 Å². The molecule has 0 aromatic carbocycles. The molecule has 0 fully saturated rings. The molecule has 0 bridgehead atoms. The van der Waals surface area contributed by atoms with Gasteiger partial charge in [-0.15, -0.1) is 0 Å². The second kappa shape index (κ2) is 13.1. The molecule has 0 aliphatic carbocycles. The van der Waals surface area contributed by atoms with E-state index in [0.717, 1.165) is 36.7 Å². The van der Waals surface area contributed by atoms with E-state index in [-0.39, 0.29) is 16.2 Å². The van der Waals surface area contributed by atoms with Crippen LogP contribution in [0.25, 0.3) is 0 Å². The third kappa shape index (κ3) is 9.38. The molecule has 0 N–H and O–H groups in total. The summed E-state index contributed by atoms with van der Waals surface area (Å²) in [5, 5.41) is 0.164. The highest BCUT2D eigenvalue weighted by Crippen LogP contribution is 2.37. The van der Waals surface area contributed by atoms with Gasteiger partial charge in [0.15, 0.2) is 25.7 Å². The topological polar surface area (TPSA) is 96.7 Å². The van der Waals surface area contributed by atoms with E-state index in [2.05, 4.69) is 32.7 Å². The lowest BCUT2D eigenvalue weighted by Gasteiger charge is -2.37. The molecule has 1 heterocycles. The number of thioether (sulfide) groups is 1. The van der Waals surface area contributed by atoms with Gasteiger partial charge in [0.05, 0.1) is 5.69 Å². The molecule has 0 saturated carbocycles. The maximum atomic E-state index is 12.8. The Labute approximate surface area is 216 Å². The summed E-state index contributed by atoms with van der Waals surface area (Å²) in [4.78, 5) is 42.3. The monoisotopic (exact) mass is 528 g/mol. The van der Waals surface area contributed by atoms with Gasteiger partial charge in [-0.2, -0.15) is 0 Å². The fraction of sp³-hybridized carbons (Fsp3) is 0.760. The van der Waals surface area contributed by atoms with Gasteiger partial charge in [0, 0.05) is 12.2 Å². The maximum absolute atomic E-state index is 12.8. The number of imidazole rings is 1. The van der Waals surface area contributed by atoms with E-state index in [1.165, 1.54) is 13.8 Å². The van der Waals surface area contributed by atoms with Crippen LogP contribution in [0.1, 0.15) is 86.9 Å². The van der Waals surface area contributed by atoms with Crippen LogP contribution in [0.4, 0.5) is 0 Å². The maximum Gasteiger partial charge on any atom is 0.347 e. The molecule has 1 aromatic heterocycles. The molecule has 0 aliphatic rings. The second-order valence-corrected chi connectivity index (χ2v) is 16.4. The first-order chi connectivity index (χ1) is 16.0. The molecule has 35 heavy (non-hydrogen) atoms. The molecule has 0 aliphatic heterocycles. The Morgan fingerprint density at radius 1 is 1.00 bits per heavy atom. The fourth-order valence-corrected chi connectivity index (χ4v) is 5.08. The van der Waals surface area contributed by atoms with Crippen molar-refractivity contribution < 1.29 is 28.3 Å². The number of hydrogen-bond donors (Lipinski definition) is 0. The molecular weight excluding hydrogens is 484 g/mol. The number of nitrogens with zero attached hydrogens (tertiary/aromatic N) is 2. The van der Waals surface area contributed by atoms with Crippen molar-refractivity contribution >= 4 is 37.1 Å². The second-order valence-electron chi connectivity index (χ2n) is 10.7. The van der Waals surface area contributed by atoms with Crippen LogP contribution in [0.3, 0.4) is 0 Å². The van der Waals surface area contributed by atoms with Gasteiger partial charge in [0.2, 0.25) is 5.12 Å². The number of aromatic nitrogens is 2. The van der Waals surface area contributed by atoms with E-state index in [9.17, 15) is 14.4 Å². The number of carbonyl (C=O) groups excluding carboxylic acids is 3. The zero-order valence-corrected chi connectivity index (χ0v) is 25.1. The van der Waals surface area contributed by atoms with Crippen molar-refractivity contribution in [2.45, 2.75) is 129 Å². The summed E-state index contributed by atoms with van der Waals surface area (Å²) in [6.45, 7) is 21.0. The summed E-state index contributed by atoms with van der Waals surface area (Å²) >= 11 is 0.955. The van der Waals surface area contributed by atoms with Gasteiger partial charge in [0.25, 0.3) is 0 Å². The predicted molar refractivity (Wildman–Crippen MR) is 141 cm³/mol. The number of aryl methyl sites for hydroxylation is 1. The lowest BCUT2D eigenvalue weighted by molar-refractivity contribution is -0.173. The van der Waals surface area contributed by atoms with E-state index in [1.54, 1.807) is 6.92 Å². The van der Waals surface area contributed by atoms with Crippen molar-refractivity contribution in [2.24, 2.45) is 0 Å². The van der Waals surface area contributed by atoms with Crippen LogP contribution in [0.2, 0.25) is 18.1 Å². The first-order valence-corrected chi connectivity index (χ1v) is 16.1. The van der Waals surface area contributed by atoms with E-state index in [0.29, 0.717) is 5.16 Å². The van der Waals surface area contributed by atoms with E-state index >= 15 is 0 Å². The highest BCUT2D eigenvalue weighted by Gasteiger charge is 2.40. The summed E-state index contributed by atoms with van der Waals surface area (Å²) in [6, 6.07) is 0.140. The standard InChI is InChI=1S/C25H44N2O6SSi/c1-12-13-14-20-15-27(16(2)3)24(26-20)34-23(30)19(6)32-21(28)17(4)31-22(29)18(5)33-35(10,11)25(7,8)9/h15-19H,12-14H2,1-11H3/t17-,18-,19-/m0/s1. The van der Waals surface area contributed by atoms with Crippen molar-refractivity contribution in [3.05, 3.63) is 11.9 Å². The average Bonchev–Trinajstić information content (AvgIpc) is 3.13. The molecule has 1 aromatic rings. The Kier molecular flexibility index (Phi) is 11.7. The summed E-state index contributed by atoms with van der Waals surface area (Å²) in [5.41, 5.74) is 0.940. The third-order valence-electron chi connectivity index (χ3n) is 6.14. The average molecular weight is 529 g/mol. The molecule has 0 amide bonds. The lowest BCUT2D eigenvalue weighted by Crippen LogP contribution is -2.46. The van der Waals surface area contributed by atoms with Crippen LogP contribution in [-0.4, -0.2) is 53.2 Å². The molecule has 200 valence electrons. The van der Waals surface area contributed by atoms with Crippen LogP contribution in [0, 0.1) is 0 Å². The largest absolute Gasteiger partial charge is 0.451 e. The van der Waals surface area contributed by atoms with Crippen molar-refractivity contribution in [2.75, 3.05) is 0 Å². The summed E-state index contributed by atoms with van der Waals surface area (Å²) in [7, 11) is -2.18. The van der Waals surface area contributed by atoms with Crippen LogP contribution >= 0.6 is 11.8 Å². The van der Waals surface area contributed by atoms with E-state index < -0.39 is 38.6 Å². The molecule has 8 nitrogen and oxygen atoms in total. The minimum atomic E-state index is -2.18. The predicted octanol–water partition coefficient (Wildman–Crippen LogP) is 5.70. The molecule has 1 rings (SSSR count). The van der Waals surface area contributed by atoms with Crippen LogP contribution in [0.5, 0.6) is 0 Å². The highest BCUT2D eigenvalue weighted by atomic mass is 32.2. The Morgan fingerprint density at radius 2 is 1.54 bits per heavy atom. The molecule has 0 unspecified atom stereocenters. The molecular formula is C25H44N2O6SSi. The van der Waals surface area contributed by atoms with Gasteiger partial charge < -0.3 is 18.5 Å². The van der Waals surface area contributed by atoms with Gasteiger partial charge in [0.1, 0.15) is 6.10 Å². The first-order valence-electron chi connectivity index (χ1n) is 12.4. The van der Waals surface area contributed by atoms with Crippen LogP contribution < -0.4 is 0 Å². The van der Waals surface area contributed by atoms with Crippen LogP contribution in [0.15, 0.2) is 11.4 Å². The summed E-state index contributed by atoms with van der Waals surface area (Å²) in [6.07, 6.45) is 1.92. The molecule has 0 spiro atoms. The Morgan fingerprint density at radius 3 is 2.06 bits per heavy atom. The lowest BCUT2D eigenvalue weighted by atomic mass is 10.2. The third-order valence-corrected chi connectivity index (χ3v) is 11.7. The summed E-state index contributed by atoms with van der Waals surface area (Å²) in [5.74, 6) is -1.42. The van der Waals surface area contributed by atoms with Crippen LogP contribution in [-0.2, 0) is 34.7 Å². The number of rotatable bonds is 12. The number of carbonyl (C=O) groups is 3. The summed E-state index contributed by atoms with van der Waals surface area (Å²) < 4.78 is 18.6. The smallest absolute Gasteiger partial charge is 0.347 e. The van der Waals surface area contributed by atoms with Crippen molar-refractivity contribution in [1.82, 2.24) is 9.55 Å².